The van der Waals surface area contributed by atoms with Gasteiger partial charge in [-0.05, 0) is 12.1 Å². The molecule has 0 aliphatic carbocycles. The third-order valence-electron chi connectivity index (χ3n) is 1.77. The van der Waals surface area contributed by atoms with E-state index < -0.39 is 0 Å². The van der Waals surface area contributed by atoms with Gasteiger partial charge in [0, 0.05) is 6.20 Å². The summed E-state index contributed by atoms with van der Waals surface area (Å²) < 4.78 is 9.71. The third-order valence-corrected chi connectivity index (χ3v) is 1.77. The number of nitrogens with one attached hydrogen (secondary N) is 1. The Morgan fingerprint density at radius 3 is 2.73 bits per heavy atom. The first-order valence-corrected chi connectivity index (χ1v) is 4.41. The van der Waals surface area contributed by atoms with Crippen molar-refractivity contribution in [1.29, 1.82) is 0 Å². The molecule has 1 aromatic carbocycles. The van der Waals surface area contributed by atoms with E-state index in [0.717, 1.165) is 0 Å². The fourth-order valence-electron chi connectivity index (χ4n) is 1.09. The Labute approximate surface area is 88.5 Å². The van der Waals surface area contributed by atoms with Crippen LogP contribution in [0.1, 0.15) is 10.4 Å². The summed E-state index contributed by atoms with van der Waals surface area (Å²) in [6.07, 6.45) is 2.81. The Kier molecular flexibility index (Phi) is 4.22. The van der Waals surface area contributed by atoms with E-state index in [4.69, 9.17) is 4.74 Å². The van der Waals surface area contributed by atoms with Crippen LogP contribution in [0.15, 0.2) is 36.7 Å². The zero-order chi connectivity index (χ0) is 11.1. The second-order valence-electron chi connectivity index (χ2n) is 2.71. The molecule has 0 bridgehead atoms. The highest BCUT2D eigenvalue weighted by atomic mass is 16.5. The lowest BCUT2D eigenvalue weighted by molar-refractivity contribution is 0.0966. The SMILES string of the molecule is CO/C=C/NC(=O)c1ccccc1OC. The molecule has 0 spiro atoms. The van der Waals surface area contributed by atoms with Crippen molar-refractivity contribution in [2.45, 2.75) is 0 Å². The molecule has 4 heteroatoms. The molecule has 1 amide bonds. The van der Waals surface area contributed by atoms with Crippen molar-refractivity contribution in [2.24, 2.45) is 0 Å². The molecule has 80 valence electrons. The number of amides is 1. The number of benzene rings is 1. The van der Waals surface area contributed by atoms with Crippen LogP contribution < -0.4 is 10.1 Å². The van der Waals surface area contributed by atoms with E-state index in [9.17, 15) is 4.79 Å². The van der Waals surface area contributed by atoms with Crippen LogP contribution in [0.25, 0.3) is 0 Å². The minimum Gasteiger partial charge on any atom is -0.503 e. The first kappa shape index (κ1) is 11.1. The van der Waals surface area contributed by atoms with Gasteiger partial charge in [-0.25, -0.2) is 0 Å². The molecule has 0 fully saturated rings. The summed E-state index contributed by atoms with van der Waals surface area (Å²) in [5, 5.41) is 2.55. The second-order valence-corrected chi connectivity index (χ2v) is 2.71. The number of carbonyl (C=O) groups excluding carboxylic acids is 1. The number of hydrogen-bond donors (Lipinski definition) is 1. The van der Waals surface area contributed by atoms with Gasteiger partial charge in [0.05, 0.1) is 26.0 Å². The molecule has 0 saturated heterocycles. The Morgan fingerprint density at radius 1 is 1.33 bits per heavy atom. The van der Waals surface area contributed by atoms with Crippen LogP contribution in [0.3, 0.4) is 0 Å². The number of ether oxygens (including phenoxy) is 2. The summed E-state index contributed by atoms with van der Waals surface area (Å²) in [5.41, 5.74) is 0.487. The lowest BCUT2D eigenvalue weighted by atomic mass is 10.2. The molecule has 15 heavy (non-hydrogen) atoms. The van der Waals surface area contributed by atoms with Crippen molar-refractivity contribution in [1.82, 2.24) is 5.32 Å². The van der Waals surface area contributed by atoms with Crippen LogP contribution in [-0.2, 0) is 4.74 Å². The normalized spacial score (nSPS) is 10.0. The van der Waals surface area contributed by atoms with E-state index in [-0.39, 0.29) is 5.91 Å². The molecule has 0 aromatic heterocycles. The number of para-hydroxylation sites is 1. The van der Waals surface area contributed by atoms with Crippen LogP contribution in [0.2, 0.25) is 0 Å². The van der Waals surface area contributed by atoms with Gasteiger partial charge in [0.2, 0.25) is 0 Å². The summed E-state index contributed by atoms with van der Waals surface area (Å²) in [7, 11) is 3.03. The number of methoxy groups -OCH3 is 2. The summed E-state index contributed by atoms with van der Waals surface area (Å²) >= 11 is 0. The Morgan fingerprint density at radius 2 is 2.07 bits per heavy atom. The van der Waals surface area contributed by atoms with Gasteiger partial charge in [-0.2, -0.15) is 0 Å². The summed E-state index contributed by atoms with van der Waals surface area (Å²) in [6, 6.07) is 7.00. The number of rotatable bonds is 4. The van der Waals surface area contributed by atoms with Crippen molar-refractivity contribution in [3.63, 3.8) is 0 Å². The number of hydrogen-bond acceptors (Lipinski definition) is 3. The van der Waals surface area contributed by atoms with Crippen LogP contribution >= 0.6 is 0 Å². The molecular weight excluding hydrogens is 194 g/mol. The topological polar surface area (TPSA) is 47.6 Å². The predicted molar refractivity (Wildman–Crippen MR) is 56.6 cm³/mol. The average Bonchev–Trinajstić information content (AvgIpc) is 2.29. The monoisotopic (exact) mass is 207 g/mol. The molecule has 1 aromatic rings. The zero-order valence-electron chi connectivity index (χ0n) is 8.69. The van der Waals surface area contributed by atoms with E-state index in [2.05, 4.69) is 10.1 Å². The lowest BCUT2D eigenvalue weighted by Crippen LogP contribution is -2.17. The van der Waals surface area contributed by atoms with Crippen molar-refractivity contribution in [3.8, 4) is 5.75 Å². The Bertz CT molecular complexity index is 361. The van der Waals surface area contributed by atoms with Crippen molar-refractivity contribution < 1.29 is 14.3 Å². The minimum absolute atomic E-state index is 0.235. The summed E-state index contributed by atoms with van der Waals surface area (Å²) in [4.78, 5) is 11.6. The Hall–Kier alpha value is -1.97. The molecule has 0 aliphatic heterocycles. The maximum absolute atomic E-state index is 11.6. The predicted octanol–water partition coefficient (Wildman–Crippen LogP) is 1.54. The lowest BCUT2D eigenvalue weighted by Gasteiger charge is -2.06. The minimum atomic E-state index is -0.235. The molecule has 0 atom stereocenters. The molecule has 1 rings (SSSR count). The quantitative estimate of drug-likeness (QED) is 0.762. The number of carbonyl (C=O) groups is 1. The van der Waals surface area contributed by atoms with Crippen LogP contribution in [0.5, 0.6) is 5.75 Å². The average molecular weight is 207 g/mol. The van der Waals surface area contributed by atoms with Gasteiger partial charge in [0.25, 0.3) is 5.91 Å². The fourth-order valence-corrected chi connectivity index (χ4v) is 1.09. The van der Waals surface area contributed by atoms with E-state index in [1.165, 1.54) is 26.7 Å². The smallest absolute Gasteiger partial charge is 0.259 e. The van der Waals surface area contributed by atoms with Gasteiger partial charge in [-0.15, -0.1) is 0 Å². The molecule has 4 nitrogen and oxygen atoms in total. The second kappa shape index (κ2) is 5.70. The molecule has 0 unspecified atom stereocenters. The van der Waals surface area contributed by atoms with Crippen molar-refractivity contribution in [2.75, 3.05) is 14.2 Å². The van der Waals surface area contributed by atoms with Gasteiger partial charge in [-0.1, -0.05) is 12.1 Å². The molecule has 0 saturated carbocycles. The largest absolute Gasteiger partial charge is 0.503 e. The maximum atomic E-state index is 11.6. The van der Waals surface area contributed by atoms with E-state index in [1.54, 1.807) is 24.3 Å². The standard InChI is InChI=1S/C11H13NO3/c1-14-8-7-12-11(13)9-5-3-4-6-10(9)15-2/h3-8H,1-2H3,(H,12,13)/b8-7+. The molecule has 1 N–H and O–H groups in total. The first-order chi connectivity index (χ1) is 7.29. The maximum Gasteiger partial charge on any atom is 0.259 e. The highest BCUT2D eigenvalue weighted by molar-refractivity contribution is 5.97. The zero-order valence-corrected chi connectivity index (χ0v) is 8.69. The molecular formula is C11H13NO3. The fraction of sp³-hybridized carbons (Fsp3) is 0.182. The van der Waals surface area contributed by atoms with Gasteiger partial charge in [-0.3, -0.25) is 4.79 Å². The van der Waals surface area contributed by atoms with Gasteiger partial charge in [0.15, 0.2) is 0 Å². The van der Waals surface area contributed by atoms with Crippen LogP contribution in [0.4, 0.5) is 0 Å². The van der Waals surface area contributed by atoms with E-state index in [0.29, 0.717) is 11.3 Å². The van der Waals surface area contributed by atoms with Crippen LogP contribution in [-0.4, -0.2) is 20.1 Å². The van der Waals surface area contributed by atoms with Crippen molar-refractivity contribution >= 4 is 5.91 Å². The third kappa shape index (κ3) is 3.02. The van der Waals surface area contributed by atoms with Gasteiger partial charge in [0.1, 0.15) is 5.75 Å². The molecule has 0 aliphatic rings. The van der Waals surface area contributed by atoms with Crippen molar-refractivity contribution in [3.05, 3.63) is 42.3 Å². The summed E-state index contributed by atoms with van der Waals surface area (Å²) in [6.45, 7) is 0. The van der Waals surface area contributed by atoms with E-state index in [1.807, 2.05) is 0 Å². The van der Waals surface area contributed by atoms with E-state index >= 15 is 0 Å². The summed E-state index contributed by atoms with van der Waals surface area (Å²) in [5.74, 6) is 0.307. The Balaban J connectivity index is 2.77. The molecule has 0 heterocycles. The highest BCUT2D eigenvalue weighted by Crippen LogP contribution is 2.16. The van der Waals surface area contributed by atoms with Gasteiger partial charge >= 0.3 is 0 Å². The molecule has 0 radical (unpaired) electrons. The first-order valence-electron chi connectivity index (χ1n) is 4.41. The van der Waals surface area contributed by atoms with Gasteiger partial charge < -0.3 is 14.8 Å². The highest BCUT2D eigenvalue weighted by Gasteiger charge is 2.08. The van der Waals surface area contributed by atoms with Crippen LogP contribution in [0, 0.1) is 0 Å².